The number of nitrogens with zero attached hydrogens (tertiary/aromatic N) is 3. The largest absolute Gasteiger partial charge is 0.497 e. The smallest absolute Gasteiger partial charge is 0.118 e. The highest BCUT2D eigenvalue weighted by Gasteiger charge is 2.34. The number of aryl methyl sites for hydroxylation is 3. The summed E-state index contributed by atoms with van der Waals surface area (Å²) in [5, 5.41) is 5.05. The lowest BCUT2D eigenvalue weighted by atomic mass is 9.93. The lowest BCUT2D eigenvalue weighted by Gasteiger charge is -2.41. The molecule has 5 heteroatoms. The van der Waals surface area contributed by atoms with E-state index in [9.17, 15) is 0 Å². The average Bonchev–Trinajstić information content (AvgIpc) is 3.28. The number of pyridine rings is 1. The van der Waals surface area contributed by atoms with Crippen molar-refractivity contribution in [3.05, 3.63) is 94.9 Å². The van der Waals surface area contributed by atoms with Crippen molar-refractivity contribution < 1.29 is 4.74 Å². The summed E-state index contributed by atoms with van der Waals surface area (Å²) in [6, 6.07) is 20.3. The number of aromatic nitrogens is 2. The van der Waals surface area contributed by atoms with Gasteiger partial charge in [-0.3, -0.25) is 9.88 Å². The fraction of sp³-hybridized carbons (Fsp3) is 0.367. The van der Waals surface area contributed by atoms with Gasteiger partial charge >= 0.3 is 0 Å². The van der Waals surface area contributed by atoms with Crippen molar-refractivity contribution in [2.45, 2.75) is 44.8 Å². The van der Waals surface area contributed by atoms with Crippen molar-refractivity contribution in [1.82, 2.24) is 19.8 Å². The number of piperazine rings is 1. The molecule has 0 saturated carbocycles. The van der Waals surface area contributed by atoms with Crippen LogP contribution in [-0.2, 0) is 19.4 Å². The Morgan fingerprint density at radius 1 is 1.11 bits per heavy atom. The van der Waals surface area contributed by atoms with Crippen LogP contribution in [-0.4, -0.2) is 41.2 Å². The predicted octanol–water partition coefficient (Wildman–Crippen LogP) is 5.23. The van der Waals surface area contributed by atoms with E-state index in [4.69, 9.17) is 9.72 Å². The van der Waals surface area contributed by atoms with Crippen molar-refractivity contribution >= 4 is 10.9 Å². The maximum absolute atomic E-state index is 5.43. The van der Waals surface area contributed by atoms with E-state index in [0.717, 1.165) is 44.0 Å². The molecule has 2 atom stereocenters. The molecule has 0 aliphatic carbocycles. The van der Waals surface area contributed by atoms with Gasteiger partial charge < -0.3 is 14.6 Å². The highest BCUT2D eigenvalue weighted by molar-refractivity contribution is 5.88. The fourth-order valence-corrected chi connectivity index (χ4v) is 6.05. The molecule has 1 fully saturated rings. The van der Waals surface area contributed by atoms with Crippen molar-refractivity contribution in [2.75, 3.05) is 26.7 Å². The second kappa shape index (κ2) is 9.48. The topological polar surface area (TPSA) is 42.3 Å². The Hall–Kier alpha value is -3.15. The molecule has 1 saturated heterocycles. The normalized spacial score (nSPS) is 19.1. The number of ether oxygens (including phenoxy) is 1. The number of hydrogen-bond donors (Lipinski definition) is 1. The van der Waals surface area contributed by atoms with Crippen LogP contribution in [0.5, 0.6) is 5.75 Å². The molecule has 2 aromatic heterocycles. The van der Waals surface area contributed by atoms with E-state index in [1.165, 1.54) is 46.0 Å². The Bertz CT molecular complexity index is 1330. The van der Waals surface area contributed by atoms with Gasteiger partial charge in [-0.25, -0.2) is 0 Å². The van der Waals surface area contributed by atoms with Gasteiger partial charge in [-0.15, -0.1) is 0 Å². The molecule has 4 heterocycles. The Morgan fingerprint density at radius 2 is 2.00 bits per heavy atom. The average molecular weight is 467 g/mol. The van der Waals surface area contributed by atoms with Gasteiger partial charge in [0.2, 0.25) is 0 Å². The third-order valence-electron chi connectivity index (χ3n) is 7.77. The first-order valence-corrected chi connectivity index (χ1v) is 12.8. The summed E-state index contributed by atoms with van der Waals surface area (Å²) in [6.07, 6.45) is 7.75. The second-order valence-corrected chi connectivity index (χ2v) is 9.98. The Morgan fingerprint density at radius 3 is 2.83 bits per heavy atom. The zero-order chi connectivity index (χ0) is 23.8. The third kappa shape index (κ3) is 4.24. The summed E-state index contributed by atoms with van der Waals surface area (Å²) in [6.45, 7) is 6.16. The van der Waals surface area contributed by atoms with Crippen LogP contribution in [0, 0.1) is 6.92 Å². The zero-order valence-electron chi connectivity index (χ0n) is 20.7. The van der Waals surface area contributed by atoms with Crippen molar-refractivity contribution in [2.24, 2.45) is 0 Å². The van der Waals surface area contributed by atoms with E-state index in [1.807, 2.05) is 6.20 Å². The van der Waals surface area contributed by atoms with E-state index in [-0.39, 0.29) is 12.1 Å². The third-order valence-corrected chi connectivity index (χ3v) is 7.77. The van der Waals surface area contributed by atoms with Gasteiger partial charge in [0.25, 0.3) is 0 Å². The number of benzene rings is 2. The summed E-state index contributed by atoms with van der Waals surface area (Å²) >= 11 is 0. The van der Waals surface area contributed by atoms with Crippen LogP contribution in [0.3, 0.4) is 0 Å². The molecule has 0 amide bonds. The van der Waals surface area contributed by atoms with Gasteiger partial charge in [-0.1, -0.05) is 30.3 Å². The van der Waals surface area contributed by atoms with Gasteiger partial charge in [-0.05, 0) is 72.7 Å². The molecule has 2 aromatic carbocycles. The van der Waals surface area contributed by atoms with Crippen LogP contribution in [0.2, 0.25) is 0 Å². The molecule has 0 spiro atoms. The monoisotopic (exact) mass is 466 g/mol. The van der Waals surface area contributed by atoms with Crippen molar-refractivity contribution in [1.29, 1.82) is 0 Å². The van der Waals surface area contributed by atoms with Crippen LogP contribution in [0.1, 0.15) is 46.5 Å². The summed E-state index contributed by atoms with van der Waals surface area (Å²) < 4.78 is 7.93. The SMILES string of the molecule is COc1ccc(CC(c2cn3c4c(cccc24)CCC3)N2CCNCC2c2cc(C)ccn2)cc1. The van der Waals surface area contributed by atoms with Gasteiger partial charge in [-0.2, -0.15) is 0 Å². The van der Waals surface area contributed by atoms with Gasteiger partial charge in [0.05, 0.1) is 24.4 Å². The zero-order valence-corrected chi connectivity index (χ0v) is 20.7. The van der Waals surface area contributed by atoms with E-state index in [2.05, 4.69) is 82.5 Å². The second-order valence-electron chi connectivity index (χ2n) is 9.98. The highest BCUT2D eigenvalue weighted by Crippen LogP contribution is 2.40. The van der Waals surface area contributed by atoms with Crippen LogP contribution < -0.4 is 10.1 Å². The van der Waals surface area contributed by atoms with Crippen molar-refractivity contribution in [3.63, 3.8) is 0 Å². The molecular formula is C30H34N4O. The number of hydrogen-bond acceptors (Lipinski definition) is 4. The minimum atomic E-state index is 0.235. The molecule has 2 unspecified atom stereocenters. The Labute approximate surface area is 207 Å². The predicted molar refractivity (Wildman–Crippen MR) is 141 cm³/mol. The fourth-order valence-electron chi connectivity index (χ4n) is 6.05. The lowest BCUT2D eigenvalue weighted by Crippen LogP contribution is -2.48. The molecule has 35 heavy (non-hydrogen) atoms. The molecule has 180 valence electrons. The van der Waals surface area contributed by atoms with Gasteiger partial charge in [0.1, 0.15) is 5.75 Å². The van der Waals surface area contributed by atoms with Crippen LogP contribution in [0.15, 0.2) is 67.0 Å². The van der Waals surface area contributed by atoms with Gasteiger partial charge in [0.15, 0.2) is 0 Å². The molecule has 2 aliphatic heterocycles. The number of methoxy groups -OCH3 is 1. The number of rotatable bonds is 6. The molecule has 4 aromatic rings. The maximum atomic E-state index is 5.43. The molecule has 0 radical (unpaired) electrons. The first-order chi connectivity index (χ1) is 17.2. The van der Waals surface area contributed by atoms with Gasteiger partial charge in [0, 0.05) is 50.0 Å². The first kappa shape index (κ1) is 22.3. The van der Waals surface area contributed by atoms with E-state index >= 15 is 0 Å². The standard InChI is InChI=1S/C30H34N4O/c1-21-12-13-32-27(17-21)29-19-31-14-16-34(29)28(18-22-8-10-24(35-2)11-9-22)26-20-33-15-4-6-23-5-3-7-25(26)30(23)33/h3,5,7-13,17,20,28-29,31H,4,6,14-16,18-19H2,1-2H3. The van der Waals surface area contributed by atoms with Crippen LogP contribution in [0.25, 0.3) is 10.9 Å². The highest BCUT2D eigenvalue weighted by atomic mass is 16.5. The molecular weight excluding hydrogens is 432 g/mol. The van der Waals surface area contributed by atoms with Crippen LogP contribution >= 0.6 is 0 Å². The molecule has 5 nitrogen and oxygen atoms in total. The summed E-state index contributed by atoms with van der Waals surface area (Å²) in [7, 11) is 1.73. The molecule has 0 bridgehead atoms. The Balaban J connectivity index is 1.47. The van der Waals surface area contributed by atoms with Crippen LogP contribution in [0.4, 0.5) is 0 Å². The lowest BCUT2D eigenvalue weighted by molar-refractivity contribution is 0.103. The summed E-state index contributed by atoms with van der Waals surface area (Å²) in [4.78, 5) is 7.52. The van der Waals surface area contributed by atoms with E-state index < -0.39 is 0 Å². The van der Waals surface area contributed by atoms with E-state index in [1.54, 1.807) is 7.11 Å². The quantitative estimate of drug-likeness (QED) is 0.423. The molecule has 1 N–H and O–H groups in total. The van der Waals surface area contributed by atoms with E-state index in [0.29, 0.717) is 0 Å². The first-order valence-electron chi connectivity index (χ1n) is 12.8. The number of nitrogens with one attached hydrogen (secondary N) is 1. The minimum Gasteiger partial charge on any atom is -0.497 e. The molecule has 2 aliphatic rings. The maximum Gasteiger partial charge on any atom is 0.118 e. The minimum absolute atomic E-state index is 0.235. The molecule has 6 rings (SSSR count). The Kier molecular flexibility index (Phi) is 6.05. The summed E-state index contributed by atoms with van der Waals surface area (Å²) in [5.74, 6) is 0.904. The summed E-state index contributed by atoms with van der Waals surface area (Å²) in [5.41, 5.74) is 8.12. The number of para-hydroxylation sites is 1. The van der Waals surface area contributed by atoms with Crippen molar-refractivity contribution in [3.8, 4) is 5.75 Å².